The van der Waals surface area contributed by atoms with Crippen LogP contribution in [0.2, 0.25) is 0 Å². The van der Waals surface area contributed by atoms with Crippen LogP contribution in [0, 0.1) is 6.92 Å². The number of aryl methyl sites for hydroxylation is 1. The van der Waals surface area contributed by atoms with Crippen molar-refractivity contribution >= 4 is 5.69 Å². The van der Waals surface area contributed by atoms with Gasteiger partial charge in [0.1, 0.15) is 5.76 Å². The Hall–Kier alpha value is -1.97. The number of nitrogens with one attached hydrogen (secondary N) is 1. The lowest BCUT2D eigenvalue weighted by Gasteiger charge is -2.06. The molecule has 2 aromatic heterocycles. The fourth-order valence-corrected chi connectivity index (χ4v) is 1.49. The van der Waals surface area contributed by atoms with E-state index in [0.717, 1.165) is 17.0 Å². The van der Waals surface area contributed by atoms with Gasteiger partial charge in [-0.25, -0.2) is 4.98 Å². The van der Waals surface area contributed by atoms with Gasteiger partial charge in [0.05, 0.1) is 31.3 Å². The Morgan fingerprint density at radius 2 is 2.24 bits per heavy atom. The SMILES string of the molecule is CCOc1ccc(NCc2occc2C)cn1. The van der Waals surface area contributed by atoms with Crippen LogP contribution in [-0.2, 0) is 6.54 Å². The van der Waals surface area contributed by atoms with Crippen LogP contribution in [0.5, 0.6) is 5.88 Å². The first kappa shape index (κ1) is 11.5. The molecule has 0 saturated carbocycles. The van der Waals surface area contributed by atoms with E-state index in [1.807, 2.05) is 32.0 Å². The summed E-state index contributed by atoms with van der Waals surface area (Å²) >= 11 is 0. The van der Waals surface area contributed by atoms with Gasteiger partial charge in [0.25, 0.3) is 0 Å². The van der Waals surface area contributed by atoms with Gasteiger partial charge >= 0.3 is 0 Å². The van der Waals surface area contributed by atoms with E-state index in [9.17, 15) is 0 Å². The Morgan fingerprint density at radius 1 is 1.35 bits per heavy atom. The van der Waals surface area contributed by atoms with Crippen molar-refractivity contribution in [3.63, 3.8) is 0 Å². The third-order valence-electron chi connectivity index (χ3n) is 2.45. The van der Waals surface area contributed by atoms with Crippen molar-refractivity contribution in [2.45, 2.75) is 20.4 Å². The largest absolute Gasteiger partial charge is 0.478 e. The summed E-state index contributed by atoms with van der Waals surface area (Å²) < 4.78 is 10.6. The second-order valence-corrected chi connectivity index (χ2v) is 3.70. The molecule has 4 nitrogen and oxygen atoms in total. The van der Waals surface area contributed by atoms with E-state index in [2.05, 4.69) is 10.3 Å². The number of rotatable bonds is 5. The van der Waals surface area contributed by atoms with Gasteiger partial charge in [0.15, 0.2) is 0 Å². The van der Waals surface area contributed by atoms with Crippen molar-refractivity contribution in [1.29, 1.82) is 0 Å². The molecule has 0 bridgehead atoms. The number of hydrogen-bond acceptors (Lipinski definition) is 4. The summed E-state index contributed by atoms with van der Waals surface area (Å²) in [5, 5.41) is 3.25. The Kier molecular flexibility index (Phi) is 3.65. The van der Waals surface area contributed by atoms with E-state index in [4.69, 9.17) is 9.15 Å². The normalized spacial score (nSPS) is 10.2. The first-order valence-corrected chi connectivity index (χ1v) is 5.65. The van der Waals surface area contributed by atoms with Gasteiger partial charge in [-0.3, -0.25) is 0 Å². The Labute approximate surface area is 101 Å². The standard InChI is InChI=1S/C13H16N2O2/c1-3-16-13-5-4-11(8-15-13)14-9-12-10(2)6-7-17-12/h4-8,14H,3,9H2,1-2H3. The number of ether oxygens (including phenoxy) is 1. The van der Waals surface area contributed by atoms with Crippen molar-refractivity contribution in [3.05, 3.63) is 42.0 Å². The average molecular weight is 232 g/mol. The maximum atomic E-state index is 5.34. The maximum Gasteiger partial charge on any atom is 0.213 e. The third kappa shape index (κ3) is 3.00. The highest BCUT2D eigenvalue weighted by Crippen LogP contribution is 2.14. The average Bonchev–Trinajstić information content (AvgIpc) is 2.75. The molecule has 0 saturated heterocycles. The van der Waals surface area contributed by atoms with Gasteiger partial charge in [0, 0.05) is 6.07 Å². The van der Waals surface area contributed by atoms with Crippen LogP contribution >= 0.6 is 0 Å². The predicted octanol–water partition coefficient (Wildman–Crippen LogP) is 2.99. The molecule has 0 spiro atoms. The van der Waals surface area contributed by atoms with E-state index in [1.165, 1.54) is 0 Å². The van der Waals surface area contributed by atoms with Crippen LogP contribution < -0.4 is 10.1 Å². The lowest BCUT2D eigenvalue weighted by Crippen LogP contribution is -2.00. The molecule has 0 aliphatic heterocycles. The first-order valence-electron chi connectivity index (χ1n) is 5.65. The predicted molar refractivity (Wildman–Crippen MR) is 66.2 cm³/mol. The summed E-state index contributed by atoms with van der Waals surface area (Å²) in [5.74, 6) is 1.59. The first-order chi connectivity index (χ1) is 8.29. The minimum atomic E-state index is 0.630. The lowest BCUT2D eigenvalue weighted by atomic mass is 10.3. The van der Waals surface area contributed by atoms with E-state index < -0.39 is 0 Å². The fourth-order valence-electron chi connectivity index (χ4n) is 1.49. The van der Waals surface area contributed by atoms with Crippen LogP contribution in [0.3, 0.4) is 0 Å². The molecule has 0 atom stereocenters. The van der Waals surface area contributed by atoms with E-state index >= 15 is 0 Å². The number of pyridine rings is 1. The Balaban J connectivity index is 1.93. The molecule has 0 unspecified atom stereocenters. The highest BCUT2D eigenvalue weighted by atomic mass is 16.5. The van der Waals surface area contributed by atoms with Crippen molar-refractivity contribution in [3.8, 4) is 5.88 Å². The number of hydrogen-bond donors (Lipinski definition) is 1. The Bertz CT molecular complexity index is 463. The van der Waals surface area contributed by atoms with Crippen molar-refractivity contribution in [1.82, 2.24) is 4.98 Å². The minimum absolute atomic E-state index is 0.630. The monoisotopic (exact) mass is 232 g/mol. The van der Waals surface area contributed by atoms with Gasteiger partial charge in [-0.05, 0) is 31.5 Å². The quantitative estimate of drug-likeness (QED) is 0.860. The highest BCUT2D eigenvalue weighted by molar-refractivity contribution is 5.42. The van der Waals surface area contributed by atoms with Gasteiger partial charge in [0.2, 0.25) is 5.88 Å². The molecule has 90 valence electrons. The topological polar surface area (TPSA) is 47.3 Å². The van der Waals surface area contributed by atoms with E-state index in [1.54, 1.807) is 12.5 Å². The minimum Gasteiger partial charge on any atom is -0.478 e. The molecule has 0 aliphatic rings. The van der Waals surface area contributed by atoms with Crippen molar-refractivity contribution in [2.75, 3.05) is 11.9 Å². The third-order valence-corrected chi connectivity index (χ3v) is 2.45. The van der Waals surface area contributed by atoms with Crippen molar-refractivity contribution in [2.24, 2.45) is 0 Å². The molecule has 0 radical (unpaired) electrons. The summed E-state index contributed by atoms with van der Waals surface area (Å²) in [5.41, 5.74) is 2.10. The number of anilines is 1. The van der Waals surface area contributed by atoms with Crippen LogP contribution in [0.4, 0.5) is 5.69 Å². The second-order valence-electron chi connectivity index (χ2n) is 3.70. The molecule has 1 N–H and O–H groups in total. The van der Waals surface area contributed by atoms with E-state index in [-0.39, 0.29) is 0 Å². The Morgan fingerprint density at radius 3 is 2.82 bits per heavy atom. The molecule has 0 aliphatic carbocycles. The van der Waals surface area contributed by atoms with Crippen LogP contribution in [0.15, 0.2) is 35.1 Å². The molecule has 2 heterocycles. The summed E-state index contributed by atoms with van der Waals surface area (Å²) in [6, 6.07) is 5.74. The van der Waals surface area contributed by atoms with Crippen LogP contribution in [-0.4, -0.2) is 11.6 Å². The smallest absolute Gasteiger partial charge is 0.213 e. The van der Waals surface area contributed by atoms with Gasteiger partial charge in [-0.1, -0.05) is 0 Å². The molecule has 2 rings (SSSR count). The molecule has 4 heteroatoms. The van der Waals surface area contributed by atoms with E-state index in [0.29, 0.717) is 19.0 Å². The zero-order valence-electron chi connectivity index (χ0n) is 10.1. The number of aromatic nitrogens is 1. The fraction of sp³-hybridized carbons (Fsp3) is 0.308. The number of nitrogens with zero attached hydrogens (tertiary/aromatic N) is 1. The molecule has 0 amide bonds. The second kappa shape index (κ2) is 5.39. The summed E-state index contributed by atoms with van der Waals surface area (Å²) in [6.45, 7) is 5.25. The van der Waals surface area contributed by atoms with Gasteiger partial charge < -0.3 is 14.5 Å². The van der Waals surface area contributed by atoms with Crippen LogP contribution in [0.1, 0.15) is 18.2 Å². The summed E-state index contributed by atoms with van der Waals surface area (Å²) in [7, 11) is 0. The van der Waals surface area contributed by atoms with Gasteiger partial charge in [-0.2, -0.15) is 0 Å². The van der Waals surface area contributed by atoms with Crippen LogP contribution in [0.25, 0.3) is 0 Å². The zero-order chi connectivity index (χ0) is 12.1. The van der Waals surface area contributed by atoms with Gasteiger partial charge in [-0.15, -0.1) is 0 Å². The zero-order valence-corrected chi connectivity index (χ0v) is 10.1. The van der Waals surface area contributed by atoms with Crippen molar-refractivity contribution < 1.29 is 9.15 Å². The number of furan rings is 1. The lowest BCUT2D eigenvalue weighted by molar-refractivity contribution is 0.327. The molecule has 0 fully saturated rings. The molecule has 2 aromatic rings. The summed E-state index contributed by atoms with van der Waals surface area (Å²) in [6.07, 6.45) is 3.45. The molecule has 17 heavy (non-hydrogen) atoms. The molecule has 0 aromatic carbocycles. The molecular formula is C13H16N2O2. The maximum absolute atomic E-state index is 5.34. The highest BCUT2D eigenvalue weighted by Gasteiger charge is 2.01. The summed E-state index contributed by atoms with van der Waals surface area (Å²) in [4.78, 5) is 4.18. The molecular weight excluding hydrogens is 216 g/mol.